The molecule has 22 heavy (non-hydrogen) atoms. The first-order valence-electron chi connectivity index (χ1n) is 7.63. The second kappa shape index (κ2) is 9.32. The molecule has 2 rings (SSSR count). The number of carbonyl (C=O) groups excluding carboxylic acids is 1. The van der Waals surface area contributed by atoms with Crippen LogP contribution in [0.5, 0.6) is 0 Å². The van der Waals surface area contributed by atoms with Gasteiger partial charge in [0.15, 0.2) is 0 Å². The molecule has 0 fully saturated rings. The first kappa shape index (κ1) is 16.6. The van der Waals surface area contributed by atoms with Crippen LogP contribution in [-0.4, -0.2) is 35.7 Å². The number of nitrogens with one attached hydrogen (secondary N) is 2. The highest BCUT2D eigenvalue weighted by atomic mass is 32.1. The summed E-state index contributed by atoms with van der Waals surface area (Å²) in [5, 5.41) is 12.1. The molecule has 0 bridgehead atoms. The Bertz CT molecular complexity index is 554. The number of aromatic nitrogens is 2. The van der Waals surface area contributed by atoms with Gasteiger partial charge in [0, 0.05) is 25.9 Å². The van der Waals surface area contributed by atoms with E-state index in [0.717, 1.165) is 24.4 Å². The Hall–Kier alpha value is -1.73. The van der Waals surface area contributed by atoms with Crippen LogP contribution in [0.2, 0.25) is 0 Å². The highest BCUT2D eigenvalue weighted by Crippen LogP contribution is 2.21. The molecule has 0 radical (unpaired) electrons. The molecule has 0 aliphatic carbocycles. The summed E-state index contributed by atoms with van der Waals surface area (Å²) in [6, 6.07) is 3.91. The Labute approximate surface area is 134 Å². The molecule has 0 aliphatic rings. The van der Waals surface area contributed by atoms with Crippen molar-refractivity contribution in [3.05, 3.63) is 23.4 Å². The smallest absolute Gasteiger partial charge is 0.226 e. The minimum absolute atomic E-state index is 0.0660. The normalized spacial score (nSPS) is 10.8. The minimum Gasteiger partial charge on any atom is -0.355 e. The van der Waals surface area contributed by atoms with Gasteiger partial charge in [-0.25, -0.2) is 0 Å². The van der Waals surface area contributed by atoms with Crippen molar-refractivity contribution >= 4 is 17.2 Å². The lowest BCUT2D eigenvalue weighted by Gasteiger charge is -2.05. The first-order valence-corrected chi connectivity index (χ1v) is 8.51. The van der Waals surface area contributed by atoms with Crippen LogP contribution in [0.25, 0.3) is 10.7 Å². The average Bonchev–Trinajstić information content (AvgIpc) is 3.18. The predicted octanol–water partition coefficient (Wildman–Crippen LogP) is 2.24. The number of nitrogens with zero attached hydrogens (tertiary/aromatic N) is 2. The second-order valence-electron chi connectivity index (χ2n) is 4.94. The summed E-state index contributed by atoms with van der Waals surface area (Å²) >= 11 is 1.58. The van der Waals surface area contributed by atoms with Crippen LogP contribution in [0.15, 0.2) is 22.0 Å². The third-order valence-corrected chi connectivity index (χ3v) is 3.92. The third-order valence-electron chi connectivity index (χ3n) is 3.05. The number of amides is 1. The van der Waals surface area contributed by atoms with Gasteiger partial charge in [-0.1, -0.05) is 18.1 Å². The van der Waals surface area contributed by atoms with Crippen LogP contribution in [0.3, 0.4) is 0 Å². The maximum absolute atomic E-state index is 11.7. The monoisotopic (exact) mass is 322 g/mol. The molecule has 7 heteroatoms. The molecule has 0 spiro atoms. The summed E-state index contributed by atoms with van der Waals surface area (Å²) in [6.45, 7) is 4.59. The highest BCUT2D eigenvalue weighted by Gasteiger charge is 2.09. The number of hydrogen-bond acceptors (Lipinski definition) is 6. The number of thiophene rings is 1. The quantitative estimate of drug-likeness (QED) is 0.656. The lowest BCUT2D eigenvalue weighted by atomic mass is 10.2. The zero-order valence-corrected chi connectivity index (χ0v) is 13.6. The molecule has 0 saturated heterocycles. The van der Waals surface area contributed by atoms with Gasteiger partial charge in [0.2, 0.25) is 17.6 Å². The molecule has 0 aliphatic heterocycles. The van der Waals surface area contributed by atoms with Gasteiger partial charge in [0.1, 0.15) is 0 Å². The van der Waals surface area contributed by atoms with Gasteiger partial charge in [0.25, 0.3) is 0 Å². The molecule has 0 saturated carbocycles. The summed E-state index contributed by atoms with van der Waals surface area (Å²) in [5.74, 6) is 1.27. The first-order chi connectivity index (χ1) is 10.8. The maximum atomic E-state index is 11.7. The molecule has 2 aromatic heterocycles. The predicted molar refractivity (Wildman–Crippen MR) is 86.7 cm³/mol. The van der Waals surface area contributed by atoms with Crippen LogP contribution in [0.1, 0.15) is 32.1 Å². The zero-order chi connectivity index (χ0) is 15.6. The number of rotatable bonds is 10. The van der Waals surface area contributed by atoms with E-state index in [0.29, 0.717) is 37.5 Å². The molecule has 2 aromatic rings. The average molecular weight is 322 g/mol. The van der Waals surface area contributed by atoms with E-state index in [1.807, 2.05) is 17.5 Å². The highest BCUT2D eigenvalue weighted by molar-refractivity contribution is 7.13. The van der Waals surface area contributed by atoms with E-state index in [2.05, 4.69) is 27.7 Å². The molecule has 120 valence electrons. The largest absolute Gasteiger partial charge is 0.355 e. The SMILES string of the molecule is CCCNCCNC(=O)CCCc1nc(-c2cccs2)no1. The molecule has 6 nitrogen and oxygen atoms in total. The number of aryl methyl sites for hydroxylation is 1. The van der Waals surface area contributed by atoms with Crippen LogP contribution < -0.4 is 10.6 Å². The lowest BCUT2D eigenvalue weighted by Crippen LogP contribution is -2.31. The molecule has 2 N–H and O–H groups in total. The third kappa shape index (κ3) is 5.57. The molecule has 1 amide bonds. The second-order valence-corrected chi connectivity index (χ2v) is 5.89. The Kier molecular flexibility index (Phi) is 7.05. The Balaban J connectivity index is 1.61. The summed E-state index contributed by atoms with van der Waals surface area (Å²) in [6.07, 6.45) is 2.91. The fourth-order valence-corrected chi connectivity index (χ4v) is 2.59. The van der Waals surface area contributed by atoms with Gasteiger partial charge in [-0.2, -0.15) is 4.98 Å². The van der Waals surface area contributed by atoms with E-state index in [9.17, 15) is 4.79 Å². The van der Waals surface area contributed by atoms with Gasteiger partial charge in [-0.15, -0.1) is 11.3 Å². The van der Waals surface area contributed by atoms with Crippen LogP contribution in [0.4, 0.5) is 0 Å². The fraction of sp³-hybridized carbons (Fsp3) is 0.533. The topological polar surface area (TPSA) is 80.0 Å². The van der Waals surface area contributed by atoms with Crippen molar-refractivity contribution in [3.63, 3.8) is 0 Å². The Morgan fingerprint density at radius 3 is 3.05 bits per heavy atom. The van der Waals surface area contributed by atoms with E-state index < -0.39 is 0 Å². The van der Waals surface area contributed by atoms with E-state index in [1.54, 1.807) is 11.3 Å². The van der Waals surface area contributed by atoms with Crippen molar-refractivity contribution in [2.75, 3.05) is 19.6 Å². The van der Waals surface area contributed by atoms with Gasteiger partial charge in [0.05, 0.1) is 4.88 Å². The zero-order valence-electron chi connectivity index (χ0n) is 12.8. The van der Waals surface area contributed by atoms with Crippen LogP contribution in [-0.2, 0) is 11.2 Å². The minimum atomic E-state index is 0.0660. The fourth-order valence-electron chi connectivity index (χ4n) is 1.94. The molecule has 0 atom stereocenters. The maximum Gasteiger partial charge on any atom is 0.226 e. The van der Waals surface area contributed by atoms with Crippen LogP contribution in [0, 0.1) is 0 Å². The summed E-state index contributed by atoms with van der Waals surface area (Å²) in [5.41, 5.74) is 0. The Morgan fingerprint density at radius 2 is 2.27 bits per heavy atom. The van der Waals surface area contributed by atoms with Crippen molar-refractivity contribution in [1.82, 2.24) is 20.8 Å². The summed E-state index contributed by atoms with van der Waals surface area (Å²) in [4.78, 5) is 17.0. The van der Waals surface area contributed by atoms with Crippen molar-refractivity contribution in [1.29, 1.82) is 0 Å². The van der Waals surface area contributed by atoms with Crippen molar-refractivity contribution in [3.8, 4) is 10.7 Å². The molecule has 2 heterocycles. The van der Waals surface area contributed by atoms with Crippen molar-refractivity contribution in [2.45, 2.75) is 32.6 Å². The van der Waals surface area contributed by atoms with Gasteiger partial charge in [-0.05, 0) is 30.8 Å². The molecule has 0 unspecified atom stereocenters. The summed E-state index contributed by atoms with van der Waals surface area (Å²) < 4.78 is 5.20. The van der Waals surface area contributed by atoms with E-state index in [4.69, 9.17) is 4.52 Å². The van der Waals surface area contributed by atoms with Gasteiger partial charge in [-0.3, -0.25) is 4.79 Å². The standard InChI is InChI=1S/C15H22N4O2S/c1-2-8-16-9-10-17-13(20)6-3-7-14-18-15(19-21-14)12-5-4-11-22-12/h4-5,11,16H,2-3,6-10H2,1H3,(H,17,20). The molecular formula is C15H22N4O2S. The Morgan fingerprint density at radius 1 is 1.36 bits per heavy atom. The van der Waals surface area contributed by atoms with Gasteiger partial charge < -0.3 is 15.2 Å². The van der Waals surface area contributed by atoms with Gasteiger partial charge >= 0.3 is 0 Å². The number of hydrogen-bond donors (Lipinski definition) is 2. The lowest BCUT2D eigenvalue weighted by molar-refractivity contribution is -0.121. The molecule has 0 aromatic carbocycles. The van der Waals surface area contributed by atoms with Crippen LogP contribution >= 0.6 is 11.3 Å². The van der Waals surface area contributed by atoms with Crippen molar-refractivity contribution < 1.29 is 9.32 Å². The van der Waals surface area contributed by atoms with Crippen molar-refractivity contribution in [2.24, 2.45) is 0 Å². The summed E-state index contributed by atoms with van der Waals surface area (Å²) in [7, 11) is 0. The number of carbonyl (C=O) groups is 1. The van der Waals surface area contributed by atoms with E-state index in [1.165, 1.54) is 0 Å². The molecular weight excluding hydrogens is 300 g/mol. The van der Waals surface area contributed by atoms with E-state index in [-0.39, 0.29) is 5.91 Å². The van der Waals surface area contributed by atoms with E-state index >= 15 is 0 Å².